The van der Waals surface area contributed by atoms with E-state index in [-0.39, 0.29) is 11.8 Å². The molecule has 0 saturated carbocycles. The zero-order valence-electron chi connectivity index (χ0n) is 13.9. The molecule has 1 aliphatic heterocycles. The molecular weight excluding hydrogens is 282 g/mol. The van der Waals surface area contributed by atoms with Crippen molar-refractivity contribution in [1.29, 1.82) is 0 Å². The molecule has 6 nitrogen and oxygen atoms in total. The predicted octanol–water partition coefficient (Wildman–Crippen LogP) is 2.24. The van der Waals surface area contributed by atoms with E-state index in [1.807, 2.05) is 25.1 Å². The first-order chi connectivity index (χ1) is 10.4. The Morgan fingerprint density at radius 1 is 1.32 bits per heavy atom. The van der Waals surface area contributed by atoms with Crippen molar-refractivity contribution in [2.45, 2.75) is 46.0 Å². The average molecular weight is 307 g/mol. The van der Waals surface area contributed by atoms with Crippen LogP contribution in [-0.4, -0.2) is 31.3 Å². The molecule has 0 saturated heterocycles. The summed E-state index contributed by atoms with van der Waals surface area (Å²) in [6.07, 6.45) is -0.327. The lowest BCUT2D eigenvalue weighted by Crippen LogP contribution is -2.35. The van der Waals surface area contributed by atoms with Gasteiger partial charge in [-0.2, -0.15) is 0 Å². The Morgan fingerprint density at radius 2 is 2.09 bits per heavy atom. The lowest BCUT2D eigenvalue weighted by atomic mass is 10.1. The fraction of sp³-hybridized carbons (Fsp3) is 0.562. The summed E-state index contributed by atoms with van der Waals surface area (Å²) in [5, 5.41) is 3.45. The lowest BCUT2D eigenvalue weighted by molar-refractivity contribution is 0.00896. The number of hydroxylamine groups is 1. The molecular formula is C16H25N3O3. The molecule has 22 heavy (non-hydrogen) atoms. The summed E-state index contributed by atoms with van der Waals surface area (Å²) in [6.45, 7) is 9.37. The Kier molecular flexibility index (Phi) is 5.26. The maximum Gasteiger partial charge on any atom is 0.210 e. The second-order valence-corrected chi connectivity index (χ2v) is 6.29. The van der Waals surface area contributed by atoms with E-state index in [0.717, 1.165) is 17.9 Å². The van der Waals surface area contributed by atoms with Crippen molar-refractivity contribution >= 4 is 5.84 Å². The number of methoxy groups -OCH3 is 1. The number of benzene rings is 1. The van der Waals surface area contributed by atoms with E-state index in [0.29, 0.717) is 18.1 Å². The van der Waals surface area contributed by atoms with E-state index in [1.54, 1.807) is 7.11 Å². The van der Waals surface area contributed by atoms with Gasteiger partial charge in [-0.15, -0.1) is 0 Å². The third-order valence-corrected chi connectivity index (χ3v) is 3.11. The van der Waals surface area contributed by atoms with Crippen LogP contribution in [0.3, 0.4) is 0 Å². The fourth-order valence-electron chi connectivity index (χ4n) is 1.96. The first kappa shape index (κ1) is 16.6. The van der Waals surface area contributed by atoms with Gasteiger partial charge in [0.1, 0.15) is 12.4 Å². The van der Waals surface area contributed by atoms with Crippen LogP contribution in [0.15, 0.2) is 23.2 Å². The molecule has 1 heterocycles. The van der Waals surface area contributed by atoms with Gasteiger partial charge in [0.05, 0.1) is 7.11 Å². The Labute approximate surface area is 131 Å². The molecule has 122 valence electrons. The quantitative estimate of drug-likeness (QED) is 0.844. The van der Waals surface area contributed by atoms with Crippen LogP contribution in [0, 0.1) is 0 Å². The molecule has 0 bridgehead atoms. The van der Waals surface area contributed by atoms with Crippen LogP contribution >= 0.6 is 0 Å². The largest absolute Gasteiger partial charge is 0.493 e. The number of hydrogen-bond acceptors (Lipinski definition) is 6. The van der Waals surface area contributed by atoms with E-state index in [9.17, 15) is 0 Å². The molecule has 1 aromatic rings. The highest BCUT2D eigenvalue weighted by molar-refractivity contribution is 5.79. The highest BCUT2D eigenvalue weighted by atomic mass is 16.7. The molecule has 1 atom stereocenters. The van der Waals surface area contributed by atoms with Crippen molar-refractivity contribution in [2.24, 2.45) is 4.99 Å². The van der Waals surface area contributed by atoms with E-state index < -0.39 is 0 Å². The van der Waals surface area contributed by atoms with Gasteiger partial charge in [0.25, 0.3) is 0 Å². The number of ether oxygens (including phenoxy) is 2. The summed E-state index contributed by atoms with van der Waals surface area (Å²) in [7, 11) is 1.64. The summed E-state index contributed by atoms with van der Waals surface area (Å²) in [4.78, 5) is 9.47. The molecule has 6 heteroatoms. The third-order valence-electron chi connectivity index (χ3n) is 3.11. The zero-order valence-corrected chi connectivity index (χ0v) is 13.9. The Morgan fingerprint density at radius 3 is 2.68 bits per heavy atom. The molecule has 0 unspecified atom stereocenters. The summed E-state index contributed by atoms with van der Waals surface area (Å²) in [6, 6.07) is 5.92. The van der Waals surface area contributed by atoms with Gasteiger partial charge < -0.3 is 14.8 Å². The first-order valence-corrected chi connectivity index (χ1v) is 7.38. The molecule has 1 aliphatic rings. The summed E-state index contributed by atoms with van der Waals surface area (Å²) in [5.74, 6) is 2.15. The number of aliphatic imine (C=N–C) groups is 1. The third kappa shape index (κ3) is 4.89. The second-order valence-electron chi connectivity index (χ2n) is 6.29. The molecule has 2 rings (SSSR count). The Balaban J connectivity index is 1.96. The van der Waals surface area contributed by atoms with Gasteiger partial charge in [-0.1, -0.05) is 6.07 Å². The van der Waals surface area contributed by atoms with Gasteiger partial charge in [-0.25, -0.2) is 9.83 Å². The minimum Gasteiger partial charge on any atom is -0.493 e. The summed E-state index contributed by atoms with van der Waals surface area (Å²) in [5.41, 5.74) is 3.92. The predicted molar refractivity (Wildman–Crippen MR) is 86.2 cm³/mol. The monoisotopic (exact) mass is 307 g/mol. The van der Waals surface area contributed by atoms with Crippen LogP contribution in [0.2, 0.25) is 0 Å². The topological polar surface area (TPSA) is 64.1 Å². The van der Waals surface area contributed by atoms with E-state index in [1.165, 1.54) is 0 Å². The average Bonchev–Trinajstić information content (AvgIpc) is 2.88. The minimum atomic E-state index is -0.327. The smallest absolute Gasteiger partial charge is 0.210 e. The standard InChI is InChI=1S/C16H25N3O3/c1-11-18-15(22-19-11)10-21-13-7-6-12(8-14(13)20-5)9-17-16(2,3)4/h6-8,15,17H,9-10H2,1-5H3,(H,18,19)/t15-/m1/s1. The van der Waals surface area contributed by atoms with Crippen LogP contribution in [-0.2, 0) is 11.4 Å². The van der Waals surface area contributed by atoms with Crippen molar-refractivity contribution in [1.82, 2.24) is 10.8 Å². The van der Waals surface area contributed by atoms with Gasteiger partial charge in [0, 0.05) is 12.1 Å². The highest BCUT2D eigenvalue weighted by Gasteiger charge is 2.17. The van der Waals surface area contributed by atoms with Crippen LogP contribution in [0.5, 0.6) is 11.5 Å². The summed E-state index contributed by atoms with van der Waals surface area (Å²) < 4.78 is 11.2. The molecule has 0 aliphatic carbocycles. The van der Waals surface area contributed by atoms with Crippen molar-refractivity contribution < 1.29 is 14.3 Å². The minimum absolute atomic E-state index is 0.0745. The first-order valence-electron chi connectivity index (χ1n) is 7.38. The van der Waals surface area contributed by atoms with Crippen molar-refractivity contribution in [3.05, 3.63) is 23.8 Å². The van der Waals surface area contributed by atoms with Crippen LogP contribution in [0.25, 0.3) is 0 Å². The van der Waals surface area contributed by atoms with Crippen LogP contribution in [0.1, 0.15) is 33.3 Å². The number of nitrogens with one attached hydrogen (secondary N) is 2. The molecule has 0 amide bonds. The number of nitrogens with zero attached hydrogens (tertiary/aromatic N) is 1. The van der Waals surface area contributed by atoms with Crippen molar-refractivity contribution in [3.8, 4) is 11.5 Å². The molecule has 1 aromatic carbocycles. The maximum atomic E-state index is 5.74. The van der Waals surface area contributed by atoms with Gasteiger partial charge in [-0.05, 0) is 45.4 Å². The zero-order chi connectivity index (χ0) is 16.2. The van der Waals surface area contributed by atoms with Gasteiger partial charge in [0.15, 0.2) is 11.5 Å². The maximum absolute atomic E-state index is 5.74. The van der Waals surface area contributed by atoms with Crippen molar-refractivity contribution in [2.75, 3.05) is 13.7 Å². The molecule has 0 aromatic heterocycles. The summed E-state index contributed by atoms with van der Waals surface area (Å²) >= 11 is 0. The molecule has 0 radical (unpaired) electrons. The Hall–Kier alpha value is -1.79. The van der Waals surface area contributed by atoms with Gasteiger partial charge in [-0.3, -0.25) is 5.48 Å². The lowest BCUT2D eigenvalue weighted by Gasteiger charge is -2.21. The number of hydrogen-bond donors (Lipinski definition) is 2. The van der Waals surface area contributed by atoms with Gasteiger partial charge >= 0.3 is 0 Å². The van der Waals surface area contributed by atoms with E-state index >= 15 is 0 Å². The van der Waals surface area contributed by atoms with Crippen LogP contribution in [0.4, 0.5) is 0 Å². The SMILES string of the molecule is COc1cc(CNC(C)(C)C)ccc1OC[C@@H]1N=C(C)NO1. The number of amidine groups is 1. The van der Waals surface area contributed by atoms with E-state index in [2.05, 4.69) is 36.6 Å². The highest BCUT2D eigenvalue weighted by Crippen LogP contribution is 2.28. The Bertz CT molecular complexity index is 538. The van der Waals surface area contributed by atoms with Crippen LogP contribution < -0.4 is 20.3 Å². The molecule has 0 spiro atoms. The van der Waals surface area contributed by atoms with Crippen molar-refractivity contribution in [3.63, 3.8) is 0 Å². The second kappa shape index (κ2) is 6.98. The normalized spacial score (nSPS) is 17.9. The fourth-order valence-corrected chi connectivity index (χ4v) is 1.96. The number of rotatable bonds is 6. The molecule has 2 N–H and O–H groups in total. The van der Waals surface area contributed by atoms with E-state index in [4.69, 9.17) is 14.3 Å². The van der Waals surface area contributed by atoms with Gasteiger partial charge in [0.2, 0.25) is 6.23 Å². The molecule has 0 fully saturated rings.